The molecule has 4 heteroatoms. The second-order valence-electron chi connectivity index (χ2n) is 5.90. The maximum Gasteiger partial charge on any atom is 0.253 e. The minimum atomic E-state index is -0.160. The van der Waals surface area contributed by atoms with Crippen LogP contribution in [0.5, 0.6) is 5.75 Å². The molecule has 0 aliphatic carbocycles. The second-order valence-corrected chi connectivity index (χ2v) is 5.90. The molecule has 19 heavy (non-hydrogen) atoms. The smallest absolute Gasteiger partial charge is 0.253 e. The Balaban J connectivity index is 2.75. The van der Waals surface area contributed by atoms with Crippen molar-refractivity contribution in [3.8, 4) is 5.75 Å². The molecule has 3 N–H and O–H groups in total. The molecule has 1 atom stereocenters. The maximum atomic E-state index is 12.1. The highest BCUT2D eigenvalue weighted by Crippen LogP contribution is 2.26. The third kappa shape index (κ3) is 3.88. The highest BCUT2D eigenvalue weighted by Gasteiger charge is 2.21. The number of amides is 1. The first-order valence-electron chi connectivity index (χ1n) is 6.48. The lowest BCUT2D eigenvalue weighted by Gasteiger charge is -2.27. The zero-order valence-corrected chi connectivity index (χ0v) is 12.4. The van der Waals surface area contributed by atoms with Crippen molar-refractivity contribution in [2.45, 2.75) is 27.7 Å². The van der Waals surface area contributed by atoms with Gasteiger partial charge >= 0.3 is 0 Å². The number of para-hydroxylation sites is 1. The Hall–Kier alpha value is -1.71. The van der Waals surface area contributed by atoms with E-state index in [4.69, 9.17) is 10.5 Å². The van der Waals surface area contributed by atoms with Gasteiger partial charge in [-0.1, -0.05) is 33.8 Å². The van der Waals surface area contributed by atoms with Crippen molar-refractivity contribution >= 4 is 11.6 Å². The molecule has 0 heterocycles. The molecule has 0 bridgehead atoms. The molecular formula is C15H24N2O2. The molecule has 106 valence electrons. The molecule has 1 rings (SSSR count). The van der Waals surface area contributed by atoms with Crippen molar-refractivity contribution in [1.82, 2.24) is 5.32 Å². The Morgan fingerprint density at radius 1 is 1.42 bits per heavy atom. The van der Waals surface area contributed by atoms with Gasteiger partial charge in [-0.05, 0) is 23.5 Å². The molecule has 1 aromatic carbocycles. The first-order valence-corrected chi connectivity index (χ1v) is 6.48. The van der Waals surface area contributed by atoms with E-state index in [-0.39, 0.29) is 11.3 Å². The third-order valence-corrected chi connectivity index (χ3v) is 3.58. The zero-order valence-electron chi connectivity index (χ0n) is 12.4. The molecule has 0 aliphatic heterocycles. The maximum absolute atomic E-state index is 12.1. The molecule has 0 fully saturated rings. The van der Waals surface area contributed by atoms with Crippen LogP contribution in [0.25, 0.3) is 0 Å². The Morgan fingerprint density at radius 2 is 2.05 bits per heavy atom. The Morgan fingerprint density at radius 3 is 2.58 bits per heavy atom. The van der Waals surface area contributed by atoms with E-state index in [0.717, 1.165) is 0 Å². The minimum Gasteiger partial charge on any atom is -0.495 e. The predicted molar refractivity (Wildman–Crippen MR) is 78.4 cm³/mol. The van der Waals surface area contributed by atoms with Gasteiger partial charge < -0.3 is 15.8 Å². The lowest BCUT2D eigenvalue weighted by Crippen LogP contribution is -2.34. The van der Waals surface area contributed by atoms with Crippen LogP contribution in [0.3, 0.4) is 0 Å². The van der Waals surface area contributed by atoms with E-state index in [1.807, 2.05) is 0 Å². The summed E-state index contributed by atoms with van der Waals surface area (Å²) in [5.41, 5.74) is 6.90. The number of benzene rings is 1. The lowest BCUT2D eigenvalue weighted by molar-refractivity contribution is 0.0937. The number of rotatable bonds is 4. The largest absolute Gasteiger partial charge is 0.495 e. The summed E-state index contributed by atoms with van der Waals surface area (Å²) < 4.78 is 5.11. The summed E-state index contributed by atoms with van der Waals surface area (Å²) in [7, 11) is 1.54. The molecule has 0 aromatic heterocycles. The van der Waals surface area contributed by atoms with Crippen molar-refractivity contribution in [2.24, 2.45) is 11.3 Å². The van der Waals surface area contributed by atoms with Crippen LogP contribution in [0.2, 0.25) is 0 Å². The van der Waals surface area contributed by atoms with Gasteiger partial charge in [-0.15, -0.1) is 0 Å². The van der Waals surface area contributed by atoms with Crippen molar-refractivity contribution in [1.29, 1.82) is 0 Å². The summed E-state index contributed by atoms with van der Waals surface area (Å²) in [5.74, 6) is 0.743. The highest BCUT2D eigenvalue weighted by atomic mass is 16.5. The molecule has 1 amide bonds. The van der Waals surface area contributed by atoms with E-state index in [1.165, 1.54) is 7.11 Å². The van der Waals surface area contributed by atoms with Crippen LogP contribution in [0.15, 0.2) is 18.2 Å². The number of hydrogen-bond acceptors (Lipinski definition) is 3. The Kier molecular flexibility index (Phi) is 4.81. The van der Waals surface area contributed by atoms with Crippen LogP contribution in [0, 0.1) is 11.3 Å². The van der Waals surface area contributed by atoms with Gasteiger partial charge in [0.15, 0.2) is 0 Å². The van der Waals surface area contributed by atoms with Crippen LogP contribution in [-0.2, 0) is 0 Å². The standard InChI is InChI=1S/C15H24N2O2/c1-10(15(2,3)4)9-17-14(18)11-7-6-8-12(19-5)13(11)16/h6-8,10H,9,16H2,1-5H3,(H,17,18). The number of ether oxygens (including phenoxy) is 1. The second kappa shape index (κ2) is 5.95. The fourth-order valence-corrected chi connectivity index (χ4v) is 1.57. The number of carbonyl (C=O) groups is 1. The molecule has 0 saturated carbocycles. The summed E-state index contributed by atoms with van der Waals surface area (Å²) >= 11 is 0. The van der Waals surface area contributed by atoms with E-state index >= 15 is 0 Å². The number of anilines is 1. The van der Waals surface area contributed by atoms with Gasteiger partial charge in [0, 0.05) is 6.54 Å². The summed E-state index contributed by atoms with van der Waals surface area (Å²) in [6.45, 7) is 9.21. The first kappa shape index (κ1) is 15.3. The SMILES string of the molecule is COc1cccc(C(=O)NCC(C)C(C)(C)C)c1N. The van der Waals surface area contributed by atoms with Crippen LogP contribution in [0.1, 0.15) is 38.1 Å². The third-order valence-electron chi connectivity index (χ3n) is 3.58. The zero-order chi connectivity index (χ0) is 14.6. The summed E-state index contributed by atoms with van der Waals surface area (Å²) in [4.78, 5) is 12.1. The average Bonchev–Trinajstić information content (AvgIpc) is 2.34. The molecule has 0 spiro atoms. The number of nitrogens with one attached hydrogen (secondary N) is 1. The van der Waals surface area contributed by atoms with Gasteiger partial charge in [-0.3, -0.25) is 4.79 Å². The molecule has 0 radical (unpaired) electrons. The van der Waals surface area contributed by atoms with Crippen LogP contribution in [0.4, 0.5) is 5.69 Å². The highest BCUT2D eigenvalue weighted by molar-refractivity contribution is 6.00. The van der Waals surface area contributed by atoms with E-state index < -0.39 is 0 Å². The van der Waals surface area contributed by atoms with E-state index in [1.54, 1.807) is 18.2 Å². The molecule has 1 aromatic rings. The van der Waals surface area contributed by atoms with Gasteiger partial charge in [-0.25, -0.2) is 0 Å². The van der Waals surface area contributed by atoms with Crippen molar-refractivity contribution < 1.29 is 9.53 Å². The van der Waals surface area contributed by atoms with Crippen LogP contribution in [-0.4, -0.2) is 19.6 Å². The summed E-state index contributed by atoms with van der Waals surface area (Å²) in [6, 6.07) is 5.20. The normalized spacial score (nSPS) is 12.9. The lowest BCUT2D eigenvalue weighted by atomic mass is 9.82. The van der Waals surface area contributed by atoms with E-state index in [9.17, 15) is 4.79 Å². The Bertz CT molecular complexity index is 450. The molecule has 0 saturated heterocycles. The van der Waals surface area contributed by atoms with Crippen molar-refractivity contribution in [3.63, 3.8) is 0 Å². The van der Waals surface area contributed by atoms with Crippen molar-refractivity contribution in [2.75, 3.05) is 19.4 Å². The molecule has 0 aliphatic rings. The number of carbonyl (C=O) groups excluding carboxylic acids is 1. The predicted octanol–water partition coefficient (Wildman–Crippen LogP) is 2.69. The number of nitrogens with two attached hydrogens (primary N) is 1. The molecule has 1 unspecified atom stereocenters. The van der Waals surface area contributed by atoms with Gasteiger partial charge in [0.2, 0.25) is 0 Å². The van der Waals surface area contributed by atoms with Crippen molar-refractivity contribution in [3.05, 3.63) is 23.8 Å². The quantitative estimate of drug-likeness (QED) is 0.822. The number of nitrogen functional groups attached to an aromatic ring is 1. The van der Waals surface area contributed by atoms with Crippen LogP contribution >= 0.6 is 0 Å². The van der Waals surface area contributed by atoms with E-state index in [2.05, 4.69) is 33.0 Å². The monoisotopic (exact) mass is 264 g/mol. The number of methoxy groups -OCH3 is 1. The topological polar surface area (TPSA) is 64.3 Å². The first-order chi connectivity index (χ1) is 8.77. The van der Waals surface area contributed by atoms with Gasteiger partial charge in [0.05, 0.1) is 18.4 Å². The summed E-state index contributed by atoms with van der Waals surface area (Å²) in [6.07, 6.45) is 0. The van der Waals surface area contributed by atoms with Gasteiger partial charge in [0.1, 0.15) is 5.75 Å². The Labute approximate surface area is 115 Å². The number of hydrogen-bond donors (Lipinski definition) is 2. The van der Waals surface area contributed by atoms with Gasteiger partial charge in [0.25, 0.3) is 5.91 Å². The van der Waals surface area contributed by atoms with E-state index in [0.29, 0.717) is 29.5 Å². The molecular weight excluding hydrogens is 240 g/mol. The fraction of sp³-hybridized carbons (Fsp3) is 0.533. The minimum absolute atomic E-state index is 0.160. The fourth-order valence-electron chi connectivity index (χ4n) is 1.57. The average molecular weight is 264 g/mol. The van der Waals surface area contributed by atoms with Crippen LogP contribution < -0.4 is 15.8 Å². The summed E-state index contributed by atoms with van der Waals surface area (Å²) in [5, 5.41) is 2.92. The molecule has 4 nitrogen and oxygen atoms in total. The van der Waals surface area contributed by atoms with Gasteiger partial charge in [-0.2, -0.15) is 0 Å².